The van der Waals surface area contributed by atoms with Gasteiger partial charge in [0.25, 0.3) is 0 Å². The molecule has 1 aliphatic heterocycles. The zero-order valence-electron chi connectivity index (χ0n) is 12.6. The number of hydrogen-bond donors (Lipinski definition) is 1. The fourth-order valence-corrected chi connectivity index (χ4v) is 2.50. The summed E-state index contributed by atoms with van der Waals surface area (Å²) in [6, 6.07) is 0. The highest BCUT2D eigenvalue weighted by atomic mass is 16.2. The SMILES string of the molecule is CCCN(CC1CCNCC1)C(=O)C(C)(C)CC. The van der Waals surface area contributed by atoms with Crippen molar-refractivity contribution in [1.82, 2.24) is 10.2 Å². The molecule has 1 N–H and O–H groups in total. The lowest BCUT2D eigenvalue weighted by Gasteiger charge is -2.35. The average molecular weight is 254 g/mol. The second kappa shape index (κ2) is 7.13. The van der Waals surface area contributed by atoms with Crippen molar-refractivity contribution in [2.24, 2.45) is 11.3 Å². The van der Waals surface area contributed by atoms with E-state index in [0.717, 1.165) is 39.0 Å². The molecule has 0 aromatic heterocycles. The van der Waals surface area contributed by atoms with E-state index >= 15 is 0 Å². The van der Waals surface area contributed by atoms with E-state index in [4.69, 9.17) is 0 Å². The Morgan fingerprint density at radius 2 is 1.89 bits per heavy atom. The maximum absolute atomic E-state index is 12.6. The summed E-state index contributed by atoms with van der Waals surface area (Å²) in [5, 5.41) is 3.39. The second-order valence-corrected chi connectivity index (χ2v) is 6.18. The number of nitrogens with zero attached hydrogens (tertiary/aromatic N) is 1. The van der Waals surface area contributed by atoms with Crippen LogP contribution in [0.1, 0.15) is 53.4 Å². The van der Waals surface area contributed by atoms with Crippen molar-refractivity contribution < 1.29 is 4.79 Å². The number of carbonyl (C=O) groups excluding carboxylic acids is 1. The number of amides is 1. The van der Waals surface area contributed by atoms with Gasteiger partial charge >= 0.3 is 0 Å². The second-order valence-electron chi connectivity index (χ2n) is 6.18. The first kappa shape index (κ1) is 15.5. The summed E-state index contributed by atoms with van der Waals surface area (Å²) in [5.74, 6) is 1.03. The zero-order chi connectivity index (χ0) is 13.6. The minimum Gasteiger partial charge on any atom is -0.342 e. The molecular formula is C15H30N2O. The van der Waals surface area contributed by atoms with E-state index in [1.165, 1.54) is 12.8 Å². The molecule has 1 fully saturated rings. The van der Waals surface area contributed by atoms with E-state index in [0.29, 0.717) is 11.8 Å². The van der Waals surface area contributed by atoms with Crippen molar-refractivity contribution in [2.45, 2.75) is 53.4 Å². The molecule has 0 unspecified atom stereocenters. The molecule has 0 aromatic rings. The Balaban J connectivity index is 2.60. The van der Waals surface area contributed by atoms with Crippen molar-refractivity contribution >= 4 is 5.91 Å². The van der Waals surface area contributed by atoms with E-state index in [1.54, 1.807) is 0 Å². The Labute approximate surface area is 112 Å². The molecule has 1 aliphatic rings. The Bertz CT molecular complexity index is 257. The van der Waals surface area contributed by atoms with E-state index in [1.807, 2.05) is 0 Å². The van der Waals surface area contributed by atoms with Crippen molar-refractivity contribution in [3.8, 4) is 0 Å². The van der Waals surface area contributed by atoms with Crippen LogP contribution in [0.4, 0.5) is 0 Å². The van der Waals surface area contributed by atoms with Gasteiger partial charge in [-0.1, -0.05) is 27.7 Å². The monoisotopic (exact) mass is 254 g/mol. The molecule has 0 aromatic carbocycles. The summed E-state index contributed by atoms with van der Waals surface area (Å²) in [5.41, 5.74) is -0.206. The van der Waals surface area contributed by atoms with E-state index < -0.39 is 0 Å². The average Bonchev–Trinajstić information content (AvgIpc) is 2.38. The summed E-state index contributed by atoms with van der Waals surface area (Å²) in [4.78, 5) is 14.7. The minimum atomic E-state index is -0.206. The predicted molar refractivity (Wildman–Crippen MR) is 76.5 cm³/mol. The zero-order valence-corrected chi connectivity index (χ0v) is 12.6. The molecule has 0 radical (unpaired) electrons. The van der Waals surface area contributed by atoms with Gasteiger partial charge in [0.2, 0.25) is 5.91 Å². The van der Waals surface area contributed by atoms with E-state index in [9.17, 15) is 4.79 Å². The fraction of sp³-hybridized carbons (Fsp3) is 0.933. The quantitative estimate of drug-likeness (QED) is 0.790. The van der Waals surface area contributed by atoms with Crippen LogP contribution in [0.3, 0.4) is 0 Å². The van der Waals surface area contributed by atoms with Crippen LogP contribution in [-0.2, 0) is 4.79 Å². The molecule has 0 saturated carbocycles. The minimum absolute atomic E-state index is 0.206. The molecule has 0 bridgehead atoms. The number of rotatable bonds is 6. The van der Waals surface area contributed by atoms with Crippen LogP contribution in [0.25, 0.3) is 0 Å². The first-order valence-electron chi connectivity index (χ1n) is 7.51. The molecule has 18 heavy (non-hydrogen) atoms. The number of hydrogen-bond acceptors (Lipinski definition) is 2. The number of nitrogens with one attached hydrogen (secondary N) is 1. The number of piperidine rings is 1. The van der Waals surface area contributed by atoms with Crippen LogP contribution < -0.4 is 5.32 Å². The first-order chi connectivity index (χ1) is 8.51. The van der Waals surface area contributed by atoms with Gasteiger partial charge in [-0.25, -0.2) is 0 Å². The van der Waals surface area contributed by atoms with Crippen LogP contribution >= 0.6 is 0 Å². The summed E-state index contributed by atoms with van der Waals surface area (Å²) in [6.07, 6.45) is 4.38. The van der Waals surface area contributed by atoms with E-state index in [-0.39, 0.29) is 5.41 Å². The molecule has 1 heterocycles. The van der Waals surface area contributed by atoms with Gasteiger partial charge in [-0.3, -0.25) is 4.79 Å². The third-order valence-electron chi connectivity index (χ3n) is 4.18. The molecule has 0 atom stereocenters. The Morgan fingerprint density at radius 3 is 2.39 bits per heavy atom. The lowest BCUT2D eigenvalue weighted by atomic mass is 9.87. The maximum Gasteiger partial charge on any atom is 0.228 e. The molecule has 3 heteroatoms. The van der Waals surface area contributed by atoms with Crippen LogP contribution in [0, 0.1) is 11.3 Å². The van der Waals surface area contributed by atoms with Crippen LogP contribution in [0.5, 0.6) is 0 Å². The largest absolute Gasteiger partial charge is 0.342 e. The van der Waals surface area contributed by atoms with Gasteiger partial charge in [-0.2, -0.15) is 0 Å². The first-order valence-corrected chi connectivity index (χ1v) is 7.51. The highest BCUT2D eigenvalue weighted by Crippen LogP contribution is 2.25. The van der Waals surface area contributed by atoms with Gasteiger partial charge in [0, 0.05) is 18.5 Å². The Hall–Kier alpha value is -0.570. The lowest BCUT2D eigenvalue weighted by molar-refractivity contribution is -0.141. The molecule has 0 spiro atoms. The standard InChI is InChI=1S/C15H30N2O/c1-5-11-17(14(18)15(3,4)6-2)12-13-7-9-16-10-8-13/h13,16H,5-12H2,1-4H3. The summed E-state index contributed by atoms with van der Waals surface area (Å²) in [7, 11) is 0. The highest BCUT2D eigenvalue weighted by molar-refractivity contribution is 5.81. The summed E-state index contributed by atoms with van der Waals surface area (Å²) < 4.78 is 0. The highest BCUT2D eigenvalue weighted by Gasteiger charge is 2.31. The molecule has 3 nitrogen and oxygen atoms in total. The summed E-state index contributed by atoms with van der Waals surface area (Å²) >= 11 is 0. The number of carbonyl (C=O) groups is 1. The molecular weight excluding hydrogens is 224 g/mol. The van der Waals surface area contributed by atoms with Gasteiger partial charge in [0.15, 0.2) is 0 Å². The third kappa shape index (κ3) is 4.27. The van der Waals surface area contributed by atoms with Crippen molar-refractivity contribution in [3.05, 3.63) is 0 Å². The maximum atomic E-state index is 12.6. The lowest BCUT2D eigenvalue weighted by Crippen LogP contribution is -2.45. The summed E-state index contributed by atoms with van der Waals surface area (Å²) in [6.45, 7) is 12.5. The molecule has 1 saturated heterocycles. The molecule has 0 aliphatic carbocycles. The van der Waals surface area contributed by atoms with E-state index in [2.05, 4.69) is 37.9 Å². The van der Waals surface area contributed by atoms with Crippen molar-refractivity contribution in [3.63, 3.8) is 0 Å². The predicted octanol–water partition coefficient (Wildman–Crippen LogP) is 2.66. The van der Waals surface area contributed by atoms with Crippen molar-refractivity contribution in [2.75, 3.05) is 26.2 Å². The van der Waals surface area contributed by atoms with Crippen LogP contribution in [0.2, 0.25) is 0 Å². The molecule has 1 rings (SSSR count). The van der Waals surface area contributed by atoms with Gasteiger partial charge in [0.05, 0.1) is 0 Å². The smallest absolute Gasteiger partial charge is 0.228 e. The molecule has 106 valence electrons. The van der Waals surface area contributed by atoms with Crippen LogP contribution in [0.15, 0.2) is 0 Å². The van der Waals surface area contributed by atoms with Gasteiger partial charge in [-0.05, 0) is 44.7 Å². The Morgan fingerprint density at radius 1 is 1.28 bits per heavy atom. The molecule has 1 amide bonds. The van der Waals surface area contributed by atoms with Gasteiger partial charge in [-0.15, -0.1) is 0 Å². The topological polar surface area (TPSA) is 32.3 Å². The third-order valence-corrected chi connectivity index (χ3v) is 4.18. The van der Waals surface area contributed by atoms with Crippen LogP contribution in [-0.4, -0.2) is 37.0 Å². The fourth-order valence-electron chi connectivity index (χ4n) is 2.50. The Kier molecular flexibility index (Phi) is 6.13. The van der Waals surface area contributed by atoms with Crippen molar-refractivity contribution in [1.29, 1.82) is 0 Å². The van der Waals surface area contributed by atoms with Gasteiger partial charge < -0.3 is 10.2 Å². The van der Waals surface area contributed by atoms with Gasteiger partial charge in [0.1, 0.15) is 0 Å². The normalized spacial score (nSPS) is 17.8.